The molecule has 19 heavy (non-hydrogen) atoms. The number of esters is 1. The number of morpholine rings is 1. The van der Waals surface area contributed by atoms with Gasteiger partial charge in [-0.15, -0.1) is 0 Å². The topological polar surface area (TPSA) is 67.9 Å². The van der Waals surface area contributed by atoms with Gasteiger partial charge < -0.3 is 14.8 Å². The van der Waals surface area contributed by atoms with E-state index in [0.29, 0.717) is 19.7 Å². The van der Waals surface area contributed by atoms with Crippen molar-refractivity contribution in [1.82, 2.24) is 10.2 Å². The Hall–Kier alpha value is -1.14. The Morgan fingerprint density at radius 1 is 1.53 bits per heavy atom. The summed E-state index contributed by atoms with van der Waals surface area (Å²) in [6.07, 6.45) is 2.00. The van der Waals surface area contributed by atoms with Gasteiger partial charge in [-0.05, 0) is 13.3 Å². The maximum absolute atomic E-state index is 12.0. The molecule has 1 saturated heterocycles. The third-order valence-electron chi connectivity index (χ3n) is 3.35. The van der Waals surface area contributed by atoms with Crippen molar-refractivity contribution in [2.75, 3.05) is 33.4 Å². The minimum absolute atomic E-state index is 0.0516. The number of rotatable bonds is 6. The van der Waals surface area contributed by atoms with E-state index in [2.05, 4.69) is 12.2 Å². The maximum atomic E-state index is 12.0. The average Bonchev–Trinajstić information content (AvgIpc) is 2.45. The second-order valence-electron chi connectivity index (χ2n) is 4.67. The van der Waals surface area contributed by atoms with Crippen LogP contribution in [0.15, 0.2) is 0 Å². The molecule has 0 radical (unpaired) electrons. The van der Waals surface area contributed by atoms with E-state index in [-0.39, 0.29) is 24.5 Å². The molecule has 0 saturated carbocycles. The molecule has 1 fully saturated rings. The van der Waals surface area contributed by atoms with Crippen molar-refractivity contribution in [3.05, 3.63) is 0 Å². The predicted molar refractivity (Wildman–Crippen MR) is 70.7 cm³/mol. The van der Waals surface area contributed by atoms with Crippen molar-refractivity contribution >= 4 is 11.9 Å². The number of amides is 1. The molecule has 1 rings (SSSR count). The zero-order chi connectivity index (χ0) is 14.3. The van der Waals surface area contributed by atoms with E-state index in [0.717, 1.165) is 12.8 Å². The minimum Gasteiger partial charge on any atom is -0.468 e. The quantitative estimate of drug-likeness (QED) is 0.551. The Morgan fingerprint density at radius 3 is 2.89 bits per heavy atom. The second-order valence-corrected chi connectivity index (χ2v) is 4.67. The van der Waals surface area contributed by atoms with Crippen LogP contribution in [0.5, 0.6) is 0 Å². The standard InChI is InChI=1S/C13H24N2O4/c1-4-5-6-14-12(16)10(2)15-7-8-19-9-11(15)13(17)18-3/h10-11H,4-9H2,1-3H3,(H,14,16). The number of hydrogen-bond donors (Lipinski definition) is 1. The summed E-state index contributed by atoms with van der Waals surface area (Å²) in [5, 5.41) is 2.88. The van der Waals surface area contributed by atoms with E-state index >= 15 is 0 Å². The van der Waals surface area contributed by atoms with Gasteiger partial charge in [-0.2, -0.15) is 0 Å². The first kappa shape index (κ1) is 15.9. The lowest BCUT2D eigenvalue weighted by Crippen LogP contribution is -2.57. The summed E-state index contributed by atoms with van der Waals surface area (Å²) < 4.78 is 10.0. The van der Waals surface area contributed by atoms with Gasteiger partial charge in [0.1, 0.15) is 6.04 Å². The highest BCUT2D eigenvalue weighted by Gasteiger charge is 2.35. The highest BCUT2D eigenvalue weighted by atomic mass is 16.5. The fraction of sp³-hybridized carbons (Fsp3) is 0.846. The summed E-state index contributed by atoms with van der Waals surface area (Å²) in [6.45, 7) is 5.92. The summed E-state index contributed by atoms with van der Waals surface area (Å²) in [4.78, 5) is 25.6. The molecular weight excluding hydrogens is 248 g/mol. The summed E-state index contributed by atoms with van der Waals surface area (Å²) in [6, 6.07) is -0.851. The molecule has 6 nitrogen and oxygen atoms in total. The Balaban J connectivity index is 2.58. The van der Waals surface area contributed by atoms with Crippen LogP contribution in [0.25, 0.3) is 0 Å². The van der Waals surface area contributed by atoms with Gasteiger partial charge in [0, 0.05) is 13.1 Å². The van der Waals surface area contributed by atoms with Gasteiger partial charge in [0.25, 0.3) is 0 Å². The van der Waals surface area contributed by atoms with E-state index in [1.54, 1.807) is 0 Å². The molecule has 1 heterocycles. The van der Waals surface area contributed by atoms with Crippen molar-refractivity contribution in [1.29, 1.82) is 0 Å². The lowest BCUT2D eigenvalue weighted by Gasteiger charge is -2.37. The number of methoxy groups -OCH3 is 1. The highest BCUT2D eigenvalue weighted by molar-refractivity contribution is 5.83. The molecule has 2 atom stereocenters. The number of nitrogens with one attached hydrogen (secondary N) is 1. The van der Waals surface area contributed by atoms with Crippen LogP contribution in [0, 0.1) is 0 Å². The van der Waals surface area contributed by atoms with Gasteiger partial charge in [0.05, 0.1) is 26.4 Å². The SMILES string of the molecule is CCCCNC(=O)C(C)N1CCOCC1C(=O)OC. The molecule has 6 heteroatoms. The fourth-order valence-electron chi connectivity index (χ4n) is 2.11. The normalized spacial score (nSPS) is 21.7. The van der Waals surface area contributed by atoms with E-state index < -0.39 is 6.04 Å². The Labute approximate surface area is 114 Å². The Kier molecular flexibility index (Phi) is 6.80. The molecule has 2 unspecified atom stereocenters. The van der Waals surface area contributed by atoms with E-state index in [1.165, 1.54) is 7.11 Å². The molecule has 1 amide bonds. The van der Waals surface area contributed by atoms with Gasteiger partial charge in [0.2, 0.25) is 5.91 Å². The van der Waals surface area contributed by atoms with Gasteiger partial charge in [-0.25, -0.2) is 0 Å². The summed E-state index contributed by atoms with van der Waals surface area (Å²) in [5.41, 5.74) is 0. The summed E-state index contributed by atoms with van der Waals surface area (Å²) in [5.74, 6) is -0.405. The highest BCUT2D eigenvalue weighted by Crippen LogP contribution is 2.13. The lowest BCUT2D eigenvalue weighted by atomic mass is 10.1. The number of hydrogen-bond acceptors (Lipinski definition) is 5. The third-order valence-corrected chi connectivity index (χ3v) is 3.35. The molecule has 0 bridgehead atoms. The van der Waals surface area contributed by atoms with Gasteiger partial charge >= 0.3 is 5.97 Å². The third kappa shape index (κ3) is 4.47. The molecule has 0 aromatic carbocycles. The molecule has 1 aliphatic heterocycles. The second kappa shape index (κ2) is 8.12. The molecular formula is C13H24N2O4. The number of carbonyl (C=O) groups is 2. The zero-order valence-corrected chi connectivity index (χ0v) is 12.0. The van der Waals surface area contributed by atoms with Crippen LogP contribution in [-0.2, 0) is 19.1 Å². The largest absolute Gasteiger partial charge is 0.468 e. The molecule has 1 aliphatic rings. The Bertz CT molecular complexity index is 309. The van der Waals surface area contributed by atoms with Crippen molar-refractivity contribution in [3.63, 3.8) is 0 Å². The van der Waals surface area contributed by atoms with E-state index in [4.69, 9.17) is 9.47 Å². The van der Waals surface area contributed by atoms with E-state index in [1.807, 2.05) is 11.8 Å². The predicted octanol–water partition coefficient (Wildman–Crippen LogP) is 0.165. The molecule has 0 spiro atoms. The molecule has 0 aromatic rings. The minimum atomic E-state index is -0.495. The van der Waals surface area contributed by atoms with Crippen LogP contribution >= 0.6 is 0 Å². The Morgan fingerprint density at radius 2 is 2.26 bits per heavy atom. The molecule has 110 valence electrons. The molecule has 0 aliphatic carbocycles. The van der Waals surface area contributed by atoms with Gasteiger partial charge in [0.15, 0.2) is 0 Å². The average molecular weight is 272 g/mol. The van der Waals surface area contributed by atoms with Crippen LogP contribution in [0.1, 0.15) is 26.7 Å². The first-order chi connectivity index (χ1) is 9.11. The van der Waals surface area contributed by atoms with Crippen LogP contribution in [-0.4, -0.2) is 62.3 Å². The number of carbonyl (C=O) groups excluding carboxylic acids is 2. The van der Waals surface area contributed by atoms with Crippen molar-refractivity contribution in [2.24, 2.45) is 0 Å². The zero-order valence-electron chi connectivity index (χ0n) is 12.0. The maximum Gasteiger partial charge on any atom is 0.325 e. The van der Waals surface area contributed by atoms with Crippen molar-refractivity contribution in [2.45, 2.75) is 38.8 Å². The van der Waals surface area contributed by atoms with Gasteiger partial charge in [-0.3, -0.25) is 14.5 Å². The van der Waals surface area contributed by atoms with Crippen LogP contribution < -0.4 is 5.32 Å². The monoisotopic (exact) mass is 272 g/mol. The van der Waals surface area contributed by atoms with Crippen molar-refractivity contribution in [3.8, 4) is 0 Å². The van der Waals surface area contributed by atoms with Crippen LogP contribution in [0.4, 0.5) is 0 Å². The number of nitrogens with zero attached hydrogens (tertiary/aromatic N) is 1. The smallest absolute Gasteiger partial charge is 0.325 e. The summed E-state index contributed by atoms with van der Waals surface area (Å²) in [7, 11) is 1.35. The molecule has 1 N–H and O–H groups in total. The summed E-state index contributed by atoms with van der Waals surface area (Å²) >= 11 is 0. The lowest BCUT2D eigenvalue weighted by molar-refractivity contribution is -0.156. The molecule has 0 aromatic heterocycles. The van der Waals surface area contributed by atoms with Gasteiger partial charge in [-0.1, -0.05) is 13.3 Å². The fourth-order valence-corrected chi connectivity index (χ4v) is 2.11. The van der Waals surface area contributed by atoms with Crippen LogP contribution in [0.3, 0.4) is 0 Å². The van der Waals surface area contributed by atoms with Crippen molar-refractivity contribution < 1.29 is 19.1 Å². The number of unbranched alkanes of at least 4 members (excludes halogenated alkanes) is 1. The van der Waals surface area contributed by atoms with Crippen LogP contribution in [0.2, 0.25) is 0 Å². The van der Waals surface area contributed by atoms with E-state index in [9.17, 15) is 9.59 Å². The first-order valence-electron chi connectivity index (χ1n) is 6.80. The first-order valence-corrected chi connectivity index (χ1v) is 6.80. The number of ether oxygens (including phenoxy) is 2.